The molecule has 0 bridgehead atoms. The molecule has 1 N–H and O–H groups in total. The van der Waals surface area contributed by atoms with Crippen molar-refractivity contribution in [3.05, 3.63) is 10.6 Å². The maximum absolute atomic E-state index is 10.9. The second-order valence-corrected chi connectivity index (χ2v) is 5.45. The lowest BCUT2D eigenvalue weighted by molar-refractivity contribution is -0.105. The van der Waals surface area contributed by atoms with Gasteiger partial charge in [0.05, 0.1) is 0 Å². The highest BCUT2D eigenvalue weighted by Crippen LogP contribution is 2.46. The van der Waals surface area contributed by atoms with E-state index in [1.54, 1.807) is 0 Å². The van der Waals surface area contributed by atoms with Crippen LogP contribution in [0.4, 0.5) is 4.79 Å². The van der Waals surface area contributed by atoms with E-state index in [2.05, 4.69) is 0 Å². The van der Waals surface area contributed by atoms with Crippen LogP contribution < -0.4 is 0 Å². The highest BCUT2D eigenvalue weighted by Gasteiger charge is 2.38. The molecule has 4 nitrogen and oxygen atoms in total. The van der Waals surface area contributed by atoms with Gasteiger partial charge in [-0.15, -0.1) is 0 Å². The van der Waals surface area contributed by atoms with Crippen LogP contribution in [0.1, 0.15) is 32.1 Å². The number of carbonyl (C=O) groups is 2. The zero-order chi connectivity index (χ0) is 12.5. The first-order chi connectivity index (χ1) is 8.06. The summed E-state index contributed by atoms with van der Waals surface area (Å²) in [5, 5.41) is 9.59. The van der Waals surface area contributed by atoms with E-state index in [9.17, 15) is 9.59 Å². The Labute approximate surface area is 105 Å². The maximum Gasteiger partial charge on any atom is 0.407 e. The summed E-state index contributed by atoms with van der Waals surface area (Å²) in [5.41, 5.74) is 0.808. The predicted molar refractivity (Wildman–Crippen MR) is 64.1 cm³/mol. The van der Waals surface area contributed by atoms with Crippen LogP contribution in [-0.4, -0.2) is 35.5 Å². The van der Waals surface area contributed by atoms with Gasteiger partial charge in [0.2, 0.25) is 0 Å². The van der Waals surface area contributed by atoms with Gasteiger partial charge in [-0.25, -0.2) is 4.79 Å². The number of allylic oxidation sites excluding steroid dienone is 2. The van der Waals surface area contributed by atoms with Gasteiger partial charge in [0.1, 0.15) is 6.29 Å². The fraction of sp³-hybridized carbons (Fsp3) is 0.667. The molecule has 1 saturated heterocycles. The number of hydrogen-bond donors (Lipinski definition) is 1. The predicted octanol–water partition coefficient (Wildman–Crippen LogP) is 2.62. The molecule has 17 heavy (non-hydrogen) atoms. The van der Waals surface area contributed by atoms with Crippen molar-refractivity contribution >= 4 is 24.0 Å². The average molecular weight is 258 g/mol. The van der Waals surface area contributed by atoms with Crippen molar-refractivity contribution in [1.29, 1.82) is 0 Å². The van der Waals surface area contributed by atoms with Crippen molar-refractivity contribution in [3.8, 4) is 0 Å². The number of amides is 1. The Morgan fingerprint density at radius 3 is 2.53 bits per heavy atom. The van der Waals surface area contributed by atoms with Gasteiger partial charge in [0.15, 0.2) is 0 Å². The molecule has 1 aliphatic heterocycles. The molecule has 1 heterocycles. The third-order valence-electron chi connectivity index (χ3n) is 4.03. The number of hydrogen-bond acceptors (Lipinski definition) is 2. The van der Waals surface area contributed by atoms with Crippen LogP contribution in [0, 0.1) is 5.41 Å². The molecular formula is C12H16ClNO3. The van der Waals surface area contributed by atoms with E-state index in [1.807, 2.05) is 0 Å². The van der Waals surface area contributed by atoms with E-state index in [1.165, 1.54) is 4.90 Å². The summed E-state index contributed by atoms with van der Waals surface area (Å²) in [6, 6.07) is 0. The number of nitrogens with zero attached hydrogens (tertiary/aromatic N) is 1. The van der Waals surface area contributed by atoms with Crippen LogP contribution in [0.25, 0.3) is 0 Å². The van der Waals surface area contributed by atoms with E-state index in [0.717, 1.165) is 32.0 Å². The zero-order valence-corrected chi connectivity index (χ0v) is 10.4. The molecule has 0 aromatic heterocycles. The Morgan fingerprint density at radius 1 is 1.35 bits per heavy atom. The molecular weight excluding hydrogens is 242 g/mol. The maximum atomic E-state index is 10.9. The largest absolute Gasteiger partial charge is 0.465 e. The average Bonchev–Trinajstić information content (AvgIpc) is 2.33. The van der Waals surface area contributed by atoms with Gasteiger partial charge < -0.3 is 10.0 Å². The van der Waals surface area contributed by atoms with Crippen molar-refractivity contribution in [3.63, 3.8) is 0 Å². The third-order valence-corrected chi connectivity index (χ3v) is 4.46. The molecule has 2 aliphatic rings. The normalized spacial score (nSPS) is 23.9. The summed E-state index contributed by atoms with van der Waals surface area (Å²) in [5.74, 6) is 0. The van der Waals surface area contributed by atoms with Gasteiger partial charge in [-0.2, -0.15) is 0 Å². The molecule has 0 atom stereocenters. The Morgan fingerprint density at radius 2 is 2.00 bits per heavy atom. The number of piperidine rings is 1. The minimum Gasteiger partial charge on any atom is -0.465 e. The molecule has 0 unspecified atom stereocenters. The highest BCUT2D eigenvalue weighted by atomic mass is 35.5. The molecule has 0 aromatic carbocycles. The third kappa shape index (κ3) is 2.46. The summed E-state index contributed by atoms with van der Waals surface area (Å²) in [7, 11) is 0. The van der Waals surface area contributed by atoms with Crippen LogP contribution >= 0.6 is 11.6 Å². The second kappa shape index (κ2) is 4.69. The van der Waals surface area contributed by atoms with Gasteiger partial charge in [0, 0.05) is 23.7 Å². The quantitative estimate of drug-likeness (QED) is 0.735. The fourth-order valence-corrected chi connectivity index (χ4v) is 3.03. The number of carboxylic acid groups (broad SMARTS) is 1. The fourth-order valence-electron chi connectivity index (χ4n) is 2.83. The Balaban J connectivity index is 2.05. The Bertz CT molecular complexity index is 370. The molecule has 0 saturated carbocycles. The first-order valence-electron chi connectivity index (χ1n) is 5.87. The molecule has 0 aromatic rings. The van der Waals surface area contributed by atoms with Gasteiger partial charge in [-0.1, -0.05) is 11.6 Å². The van der Waals surface area contributed by atoms with Gasteiger partial charge in [-0.05, 0) is 37.5 Å². The monoisotopic (exact) mass is 257 g/mol. The number of likely N-dealkylation sites (tertiary alicyclic amines) is 1. The first kappa shape index (κ1) is 12.4. The molecule has 1 spiro atoms. The molecule has 1 aliphatic carbocycles. The lowest BCUT2D eigenvalue weighted by Gasteiger charge is -2.43. The first-order valence-corrected chi connectivity index (χ1v) is 6.25. The standard InChI is InChI=1S/C12H16ClNO3/c13-10-1-2-12(7-9(10)8-15)3-5-14(6-4-12)11(16)17/h8H,1-7H2,(H,16,17). The van der Waals surface area contributed by atoms with Crippen LogP contribution in [0.15, 0.2) is 10.6 Å². The SMILES string of the molecule is O=CC1=C(Cl)CCC2(CCN(C(=O)O)CC2)C1. The van der Waals surface area contributed by atoms with Crippen molar-refractivity contribution in [2.75, 3.05) is 13.1 Å². The van der Waals surface area contributed by atoms with Crippen molar-refractivity contribution in [2.45, 2.75) is 32.1 Å². The molecule has 1 amide bonds. The van der Waals surface area contributed by atoms with Gasteiger partial charge in [-0.3, -0.25) is 4.79 Å². The summed E-state index contributed by atoms with van der Waals surface area (Å²) in [6.07, 6.45) is 4.11. The minimum atomic E-state index is -0.847. The number of rotatable bonds is 1. The van der Waals surface area contributed by atoms with Crippen LogP contribution in [0.2, 0.25) is 0 Å². The molecule has 1 fully saturated rings. The lowest BCUT2D eigenvalue weighted by Crippen LogP contribution is -2.43. The summed E-state index contributed by atoms with van der Waals surface area (Å²) >= 11 is 6.01. The van der Waals surface area contributed by atoms with E-state index < -0.39 is 6.09 Å². The van der Waals surface area contributed by atoms with E-state index in [-0.39, 0.29) is 5.41 Å². The lowest BCUT2D eigenvalue weighted by atomic mass is 9.68. The minimum absolute atomic E-state index is 0.0978. The molecule has 94 valence electrons. The number of halogens is 1. The van der Waals surface area contributed by atoms with Crippen LogP contribution in [0.5, 0.6) is 0 Å². The van der Waals surface area contributed by atoms with E-state index in [0.29, 0.717) is 30.1 Å². The Hall–Kier alpha value is -1.03. The van der Waals surface area contributed by atoms with Crippen LogP contribution in [0.3, 0.4) is 0 Å². The highest BCUT2D eigenvalue weighted by molar-refractivity contribution is 6.31. The van der Waals surface area contributed by atoms with Gasteiger partial charge >= 0.3 is 6.09 Å². The molecule has 5 heteroatoms. The smallest absolute Gasteiger partial charge is 0.407 e. The Kier molecular flexibility index (Phi) is 3.43. The number of carbonyl (C=O) groups excluding carboxylic acids is 1. The molecule has 0 radical (unpaired) electrons. The van der Waals surface area contributed by atoms with Crippen molar-refractivity contribution in [2.24, 2.45) is 5.41 Å². The van der Waals surface area contributed by atoms with Crippen molar-refractivity contribution < 1.29 is 14.7 Å². The number of aldehydes is 1. The molecule has 2 rings (SSSR count). The zero-order valence-electron chi connectivity index (χ0n) is 9.62. The summed E-state index contributed by atoms with van der Waals surface area (Å²) in [6.45, 7) is 1.14. The van der Waals surface area contributed by atoms with E-state index >= 15 is 0 Å². The van der Waals surface area contributed by atoms with Crippen LogP contribution in [-0.2, 0) is 4.79 Å². The summed E-state index contributed by atoms with van der Waals surface area (Å²) in [4.78, 5) is 23.2. The topological polar surface area (TPSA) is 57.6 Å². The summed E-state index contributed by atoms with van der Waals surface area (Å²) < 4.78 is 0. The second-order valence-electron chi connectivity index (χ2n) is 4.99. The van der Waals surface area contributed by atoms with Crippen molar-refractivity contribution in [1.82, 2.24) is 4.90 Å². The van der Waals surface area contributed by atoms with Gasteiger partial charge in [0.25, 0.3) is 0 Å². The van der Waals surface area contributed by atoms with E-state index in [4.69, 9.17) is 16.7 Å².